The molecule has 4 amide bonds. The number of ether oxygens (including phenoxy) is 2. The Labute approximate surface area is 391 Å². The summed E-state index contributed by atoms with van der Waals surface area (Å²) in [6.07, 6.45) is 3.67. The SMILES string of the molecule is CCn1c(-c2cccnc2C(C)C)c2c3cc(ccc31)-c1cc(O)cc(c1)C[C@H](NC(=O)[C@H](C(C)C)N1CO[C@@]3(CCN(C(=O)[C@H]4CN4)C3)C1=O)C(=O)N1CCC[C@H](N1)C(=O)OCC(C)(C)C2. The lowest BCUT2D eigenvalue weighted by Crippen LogP contribution is -2.62. The molecule has 2 aromatic heterocycles. The van der Waals surface area contributed by atoms with E-state index in [1.807, 2.05) is 38.2 Å². The number of cyclic esters (lactones) is 1. The van der Waals surface area contributed by atoms with Gasteiger partial charge in [0.15, 0.2) is 5.60 Å². The summed E-state index contributed by atoms with van der Waals surface area (Å²) in [5.74, 6) is -2.14. The van der Waals surface area contributed by atoms with Crippen molar-refractivity contribution >= 4 is 40.5 Å². The number of pyridine rings is 1. The van der Waals surface area contributed by atoms with Crippen molar-refractivity contribution in [2.24, 2.45) is 11.3 Å². The van der Waals surface area contributed by atoms with E-state index in [-0.39, 0.29) is 68.3 Å². The van der Waals surface area contributed by atoms with Crippen molar-refractivity contribution in [2.75, 3.05) is 39.5 Å². The average Bonchev–Trinajstić information content (AvgIpc) is 3.90. The number of amides is 4. The Balaban J connectivity index is 1.09. The van der Waals surface area contributed by atoms with Gasteiger partial charge >= 0.3 is 5.97 Å². The molecule has 2 aromatic carbocycles. The van der Waals surface area contributed by atoms with Crippen molar-refractivity contribution in [2.45, 2.75) is 123 Å². The summed E-state index contributed by atoms with van der Waals surface area (Å²) in [5, 5.41) is 19.8. The summed E-state index contributed by atoms with van der Waals surface area (Å²) >= 11 is 0. The highest BCUT2D eigenvalue weighted by Gasteiger charge is 2.57. The van der Waals surface area contributed by atoms with Gasteiger partial charge < -0.3 is 39.6 Å². The number of carbonyl (C=O) groups is 5. The van der Waals surface area contributed by atoms with E-state index in [0.717, 1.165) is 44.5 Å². The predicted molar refractivity (Wildman–Crippen MR) is 251 cm³/mol. The van der Waals surface area contributed by atoms with Gasteiger partial charge in [-0.1, -0.05) is 53.7 Å². The average molecular weight is 917 g/mol. The standard InChI is InChI=1S/C51H64N8O8/c1-8-57-41-14-13-32-23-36(41)37(44(57)35-11-9-16-52-42(35)29(2)3)24-50(6,7)27-66-48(64)38-12-10-17-59(55-38)47(63)39(21-31-19-33(32)22-34(60)20-31)54-45(61)43(30(4)5)58-28-67-51(49(58)65)15-18-56(26-51)46(62)40-25-53-40/h9,11,13-14,16,19-20,22-23,29-30,38-40,43,53,55,60H,8,10,12,15,17-18,21,24-28H2,1-7H3,(H,54,61)/t38-,39-,40+,43-,51+/m0/s1. The van der Waals surface area contributed by atoms with Crippen LogP contribution < -0.4 is 16.1 Å². The van der Waals surface area contributed by atoms with Crippen LogP contribution in [0.25, 0.3) is 33.3 Å². The molecule has 9 rings (SSSR count). The molecule has 0 radical (unpaired) electrons. The molecule has 67 heavy (non-hydrogen) atoms. The van der Waals surface area contributed by atoms with Crippen LogP contribution in [0.2, 0.25) is 0 Å². The zero-order valence-corrected chi connectivity index (χ0v) is 39.7. The van der Waals surface area contributed by atoms with E-state index < -0.39 is 46.9 Å². The van der Waals surface area contributed by atoms with Crippen LogP contribution >= 0.6 is 0 Å². The molecule has 1 spiro atoms. The van der Waals surface area contributed by atoms with Gasteiger partial charge in [0, 0.05) is 67.1 Å². The third kappa shape index (κ3) is 8.91. The number of carbonyl (C=O) groups excluding carboxylic acids is 5. The molecule has 6 bridgehead atoms. The van der Waals surface area contributed by atoms with Gasteiger partial charge in [-0.2, -0.15) is 0 Å². The first-order valence-corrected chi connectivity index (χ1v) is 23.9. The van der Waals surface area contributed by atoms with Crippen molar-refractivity contribution in [1.82, 2.24) is 40.4 Å². The molecular formula is C51H64N8O8. The number of hydrazine groups is 1. The van der Waals surface area contributed by atoms with Crippen LogP contribution in [-0.2, 0) is 52.8 Å². The topological polar surface area (TPSA) is 198 Å². The maximum Gasteiger partial charge on any atom is 0.324 e. The van der Waals surface area contributed by atoms with Gasteiger partial charge in [0.1, 0.15) is 30.6 Å². The van der Waals surface area contributed by atoms with Gasteiger partial charge in [0.25, 0.3) is 11.8 Å². The number of aromatic hydroxyl groups is 1. The third-order valence-electron chi connectivity index (χ3n) is 14.1. The number of rotatable bonds is 8. The zero-order chi connectivity index (χ0) is 47.5. The van der Waals surface area contributed by atoms with E-state index in [2.05, 4.69) is 73.4 Å². The molecule has 5 aliphatic heterocycles. The van der Waals surface area contributed by atoms with E-state index in [1.165, 1.54) is 9.91 Å². The number of phenolic OH excluding ortho intramolecular Hbond substituents is 1. The molecule has 5 aliphatic rings. The number of phenols is 1. The molecule has 16 nitrogen and oxygen atoms in total. The highest BCUT2D eigenvalue weighted by molar-refractivity contribution is 5.97. The molecule has 5 atom stereocenters. The summed E-state index contributed by atoms with van der Waals surface area (Å²) in [7, 11) is 0. The van der Waals surface area contributed by atoms with Gasteiger partial charge in [-0.05, 0) is 96.7 Å². The van der Waals surface area contributed by atoms with Crippen molar-refractivity contribution < 1.29 is 38.6 Å². The molecule has 7 heterocycles. The van der Waals surface area contributed by atoms with Gasteiger partial charge in [-0.25, -0.2) is 5.43 Å². The largest absolute Gasteiger partial charge is 0.508 e. The monoisotopic (exact) mass is 916 g/mol. The Morgan fingerprint density at radius 2 is 1.82 bits per heavy atom. The summed E-state index contributed by atoms with van der Waals surface area (Å²) in [6, 6.07) is 12.4. The fourth-order valence-electron chi connectivity index (χ4n) is 10.7. The van der Waals surface area contributed by atoms with Gasteiger partial charge in [0.05, 0.1) is 30.6 Å². The minimum Gasteiger partial charge on any atom is -0.508 e. The number of nitrogens with one attached hydrogen (secondary N) is 3. The predicted octanol–water partition coefficient (Wildman–Crippen LogP) is 4.65. The highest BCUT2D eigenvalue weighted by atomic mass is 16.5. The van der Waals surface area contributed by atoms with E-state index in [1.54, 1.807) is 17.0 Å². The lowest BCUT2D eigenvalue weighted by atomic mass is 9.83. The minimum atomic E-state index is -1.25. The summed E-state index contributed by atoms with van der Waals surface area (Å²) in [6.45, 7) is 16.3. The van der Waals surface area contributed by atoms with Crippen LogP contribution in [0, 0.1) is 11.3 Å². The number of aryl methyl sites for hydroxylation is 1. The summed E-state index contributed by atoms with van der Waals surface area (Å²) in [5.41, 5.74) is 8.80. The first kappa shape index (κ1) is 46.3. The second-order valence-corrected chi connectivity index (χ2v) is 20.5. The van der Waals surface area contributed by atoms with Crippen LogP contribution in [0.15, 0.2) is 54.7 Å². The van der Waals surface area contributed by atoms with Gasteiger partial charge in [-0.3, -0.25) is 34.0 Å². The smallest absolute Gasteiger partial charge is 0.324 e. The number of nitrogens with zero attached hydrogens (tertiary/aromatic N) is 5. The van der Waals surface area contributed by atoms with Gasteiger partial charge in [-0.15, -0.1) is 0 Å². The Morgan fingerprint density at radius 1 is 1.03 bits per heavy atom. The zero-order valence-electron chi connectivity index (χ0n) is 39.7. The molecule has 4 aromatic rings. The van der Waals surface area contributed by atoms with Crippen LogP contribution in [0.4, 0.5) is 0 Å². The molecular weight excluding hydrogens is 853 g/mol. The molecule has 4 saturated heterocycles. The number of likely N-dealkylation sites (tertiary alicyclic amines) is 1. The lowest BCUT2D eigenvalue weighted by Gasteiger charge is -2.36. The molecule has 4 N–H and O–H groups in total. The Hall–Kier alpha value is -5.84. The maximum atomic E-state index is 14.8. The van der Waals surface area contributed by atoms with Crippen LogP contribution in [-0.4, -0.2) is 128 Å². The van der Waals surface area contributed by atoms with Crippen molar-refractivity contribution in [3.8, 4) is 28.1 Å². The van der Waals surface area contributed by atoms with Gasteiger partial charge in [0.2, 0.25) is 11.8 Å². The number of fused-ring (bicyclic) bond motifs is 6. The number of esters is 1. The fourth-order valence-corrected chi connectivity index (χ4v) is 10.7. The molecule has 0 unspecified atom stereocenters. The van der Waals surface area contributed by atoms with Crippen LogP contribution in [0.5, 0.6) is 5.75 Å². The van der Waals surface area contributed by atoms with Crippen LogP contribution in [0.1, 0.15) is 90.5 Å². The summed E-state index contributed by atoms with van der Waals surface area (Å²) < 4.78 is 14.6. The number of hydrogen-bond acceptors (Lipinski definition) is 11. The Bertz CT molecular complexity index is 2620. The quantitative estimate of drug-likeness (QED) is 0.142. The first-order valence-electron chi connectivity index (χ1n) is 23.9. The Kier molecular flexibility index (Phi) is 12.4. The molecule has 0 aliphatic carbocycles. The van der Waals surface area contributed by atoms with Crippen molar-refractivity contribution in [1.29, 1.82) is 0 Å². The van der Waals surface area contributed by atoms with Crippen molar-refractivity contribution in [3.63, 3.8) is 0 Å². The van der Waals surface area contributed by atoms with E-state index in [0.29, 0.717) is 50.9 Å². The maximum absolute atomic E-state index is 14.8. The van der Waals surface area contributed by atoms with E-state index in [4.69, 9.17) is 14.5 Å². The number of benzene rings is 2. The third-order valence-corrected chi connectivity index (χ3v) is 14.1. The van der Waals surface area contributed by atoms with Crippen molar-refractivity contribution in [3.05, 3.63) is 71.5 Å². The Morgan fingerprint density at radius 3 is 2.55 bits per heavy atom. The second kappa shape index (κ2) is 18.0. The summed E-state index contributed by atoms with van der Waals surface area (Å²) in [4.78, 5) is 78.5. The first-order chi connectivity index (χ1) is 32.0. The normalized spacial score (nSPS) is 24.7. The molecule has 0 saturated carbocycles. The number of hydrogen-bond donors (Lipinski definition) is 4. The molecule has 356 valence electrons. The van der Waals surface area contributed by atoms with E-state index in [9.17, 15) is 29.1 Å². The van der Waals surface area contributed by atoms with E-state index >= 15 is 0 Å². The molecule has 4 fully saturated rings. The second-order valence-electron chi connectivity index (χ2n) is 20.5. The number of aromatic nitrogens is 2. The fraction of sp³-hybridized carbons (Fsp3) is 0.529. The lowest BCUT2D eigenvalue weighted by molar-refractivity contribution is -0.155. The minimum absolute atomic E-state index is 0.00438. The van der Waals surface area contributed by atoms with Crippen LogP contribution in [0.3, 0.4) is 0 Å². The molecule has 16 heteroatoms. The highest BCUT2D eigenvalue weighted by Crippen LogP contribution is 2.42.